The van der Waals surface area contributed by atoms with E-state index in [2.05, 4.69) is 64.6 Å². The van der Waals surface area contributed by atoms with Crippen molar-refractivity contribution in [2.24, 2.45) is 0 Å². The van der Waals surface area contributed by atoms with Gasteiger partial charge in [-0.1, -0.05) is 84.9 Å². The summed E-state index contributed by atoms with van der Waals surface area (Å²) in [5, 5.41) is 0. The number of aromatic nitrogens is 2. The summed E-state index contributed by atoms with van der Waals surface area (Å²) < 4.78 is 40.6. The van der Waals surface area contributed by atoms with Gasteiger partial charge in [-0.2, -0.15) is 13.2 Å². The maximum atomic E-state index is 13.5. The van der Waals surface area contributed by atoms with Gasteiger partial charge in [-0.3, -0.25) is 0 Å². The summed E-state index contributed by atoms with van der Waals surface area (Å²) in [6, 6.07) is 32.0. The van der Waals surface area contributed by atoms with E-state index in [0.717, 1.165) is 22.8 Å². The van der Waals surface area contributed by atoms with Crippen molar-refractivity contribution in [1.82, 2.24) is 9.97 Å². The van der Waals surface area contributed by atoms with E-state index >= 15 is 0 Å². The van der Waals surface area contributed by atoms with Gasteiger partial charge in [0, 0.05) is 11.3 Å². The fraction of sp³-hybridized carbons (Fsp3) is 0.0968. The second kappa shape index (κ2) is 7.14. The third-order valence-corrected chi connectivity index (χ3v) is 7.40. The summed E-state index contributed by atoms with van der Waals surface area (Å²) in [4.78, 5) is 8.30. The highest BCUT2D eigenvalue weighted by Crippen LogP contribution is 2.62. The molecule has 0 radical (unpaired) electrons. The molecule has 4 aromatic carbocycles. The lowest BCUT2D eigenvalue weighted by Crippen LogP contribution is -2.25. The normalized spacial score (nSPS) is 14.3. The minimum atomic E-state index is -4.54. The van der Waals surface area contributed by atoms with Gasteiger partial charge in [0.15, 0.2) is 5.82 Å². The molecule has 5 aromatic rings. The Hall–Kier alpha value is -4.25. The van der Waals surface area contributed by atoms with Crippen molar-refractivity contribution in [3.63, 3.8) is 0 Å². The number of hydrogen-bond acceptors (Lipinski definition) is 2. The molecule has 0 atom stereocenters. The van der Waals surface area contributed by atoms with Gasteiger partial charge in [0.1, 0.15) is 5.69 Å². The van der Waals surface area contributed by atoms with Gasteiger partial charge in [-0.25, -0.2) is 9.97 Å². The zero-order valence-electron chi connectivity index (χ0n) is 19.3. The van der Waals surface area contributed by atoms with Crippen LogP contribution in [0.4, 0.5) is 13.2 Å². The minimum Gasteiger partial charge on any atom is -0.233 e. The molecule has 7 rings (SSSR count). The molecule has 2 nitrogen and oxygen atoms in total. The Bertz CT molecular complexity index is 1640. The number of fused-ring (bicyclic) bond motifs is 10. The number of rotatable bonds is 1. The number of aryl methyl sites for hydroxylation is 1. The minimum absolute atomic E-state index is 0.0794. The third-order valence-electron chi connectivity index (χ3n) is 7.40. The molecule has 1 heterocycles. The first-order chi connectivity index (χ1) is 17.4. The smallest absolute Gasteiger partial charge is 0.233 e. The number of hydrogen-bond donors (Lipinski definition) is 0. The first kappa shape index (κ1) is 21.1. The molecule has 0 aliphatic heterocycles. The van der Waals surface area contributed by atoms with Crippen LogP contribution in [0.1, 0.15) is 33.6 Å². The van der Waals surface area contributed by atoms with E-state index in [0.29, 0.717) is 5.56 Å². The van der Waals surface area contributed by atoms with Crippen molar-refractivity contribution < 1.29 is 13.2 Å². The summed E-state index contributed by atoms with van der Waals surface area (Å²) >= 11 is 0. The lowest BCUT2D eigenvalue weighted by molar-refractivity contribution is -0.141. The second-order valence-electron chi connectivity index (χ2n) is 9.36. The Kier molecular flexibility index (Phi) is 4.18. The Labute approximate surface area is 206 Å². The molecule has 2 aliphatic carbocycles. The van der Waals surface area contributed by atoms with Crippen LogP contribution in [0.3, 0.4) is 0 Å². The number of halogens is 3. The van der Waals surface area contributed by atoms with Gasteiger partial charge in [0.2, 0.25) is 0 Å². The molecule has 0 amide bonds. The highest BCUT2D eigenvalue weighted by Gasteiger charge is 2.51. The molecule has 0 N–H and O–H groups in total. The summed E-state index contributed by atoms with van der Waals surface area (Å²) in [6.07, 6.45) is -4.54. The van der Waals surface area contributed by atoms with E-state index in [4.69, 9.17) is 0 Å². The Morgan fingerprint density at radius 1 is 0.583 bits per heavy atom. The predicted molar refractivity (Wildman–Crippen MR) is 134 cm³/mol. The van der Waals surface area contributed by atoms with E-state index in [-0.39, 0.29) is 11.5 Å². The van der Waals surface area contributed by atoms with Crippen molar-refractivity contribution in [2.45, 2.75) is 18.5 Å². The molecule has 5 heteroatoms. The van der Waals surface area contributed by atoms with Crippen LogP contribution in [0.25, 0.3) is 33.6 Å². The third kappa shape index (κ3) is 2.68. The molecule has 0 fully saturated rings. The number of nitrogens with zero attached hydrogens (tertiary/aromatic N) is 2. The molecule has 0 saturated heterocycles. The Morgan fingerprint density at radius 3 is 1.61 bits per heavy atom. The van der Waals surface area contributed by atoms with E-state index in [1.165, 1.54) is 27.8 Å². The van der Waals surface area contributed by atoms with Gasteiger partial charge in [0.25, 0.3) is 0 Å². The van der Waals surface area contributed by atoms with Gasteiger partial charge >= 0.3 is 6.18 Å². The molecular weight excluding hydrogens is 457 g/mol. The molecule has 0 saturated carbocycles. The van der Waals surface area contributed by atoms with E-state index in [9.17, 15) is 13.2 Å². The highest BCUT2D eigenvalue weighted by molar-refractivity contribution is 5.95. The van der Waals surface area contributed by atoms with Crippen LogP contribution in [0.2, 0.25) is 0 Å². The largest absolute Gasteiger partial charge is 0.433 e. The van der Waals surface area contributed by atoms with Crippen molar-refractivity contribution in [3.05, 3.63) is 131 Å². The number of alkyl halides is 3. The molecule has 0 bridgehead atoms. The van der Waals surface area contributed by atoms with Crippen LogP contribution in [-0.4, -0.2) is 9.97 Å². The fourth-order valence-corrected chi connectivity index (χ4v) is 6.08. The quantitative estimate of drug-likeness (QED) is 0.241. The summed E-state index contributed by atoms with van der Waals surface area (Å²) in [7, 11) is 0. The van der Waals surface area contributed by atoms with Gasteiger partial charge in [-0.05, 0) is 63.6 Å². The zero-order chi connectivity index (χ0) is 24.7. The molecule has 0 unspecified atom stereocenters. The maximum Gasteiger partial charge on any atom is 0.433 e. The first-order valence-electron chi connectivity index (χ1n) is 11.8. The average Bonchev–Trinajstić information content (AvgIpc) is 3.35. The SMILES string of the molecule is Cc1cc(C(F)(F)F)nc(-c2ccc3c(c2)C2(c4ccccc4-c4ccccc42)c2ccccc2-3)n1. The molecule has 2 aliphatic rings. The van der Waals surface area contributed by atoms with Gasteiger partial charge < -0.3 is 0 Å². The van der Waals surface area contributed by atoms with Gasteiger partial charge in [0.05, 0.1) is 5.41 Å². The fourth-order valence-electron chi connectivity index (χ4n) is 6.08. The lowest BCUT2D eigenvalue weighted by atomic mass is 9.70. The van der Waals surface area contributed by atoms with Crippen LogP contribution in [0, 0.1) is 6.92 Å². The van der Waals surface area contributed by atoms with E-state index in [1.807, 2.05) is 36.4 Å². The van der Waals surface area contributed by atoms with Crippen LogP contribution >= 0.6 is 0 Å². The lowest BCUT2D eigenvalue weighted by Gasteiger charge is -2.30. The standard InChI is InChI=1S/C31H19F3N2/c1-18-16-28(31(32,33)34)36-29(35-18)19-14-15-23-22-10-4-7-13-26(22)30(27(23)17-19)24-11-5-2-8-20(24)21-9-3-6-12-25(21)30/h2-17H,1H3. The number of benzene rings is 4. The Morgan fingerprint density at radius 2 is 1.08 bits per heavy atom. The van der Waals surface area contributed by atoms with Gasteiger partial charge in [-0.15, -0.1) is 0 Å². The summed E-state index contributed by atoms with van der Waals surface area (Å²) in [5.74, 6) is 0.0794. The predicted octanol–water partition coefficient (Wildman–Crippen LogP) is 7.81. The molecule has 174 valence electrons. The summed E-state index contributed by atoms with van der Waals surface area (Å²) in [5.41, 5.74) is 8.47. The van der Waals surface area contributed by atoms with Crippen LogP contribution in [0.15, 0.2) is 97.1 Å². The van der Waals surface area contributed by atoms with E-state index in [1.54, 1.807) is 6.92 Å². The molecule has 1 spiro atoms. The van der Waals surface area contributed by atoms with Crippen molar-refractivity contribution in [1.29, 1.82) is 0 Å². The van der Waals surface area contributed by atoms with Crippen molar-refractivity contribution in [2.75, 3.05) is 0 Å². The first-order valence-corrected chi connectivity index (χ1v) is 11.8. The van der Waals surface area contributed by atoms with Crippen LogP contribution in [0.5, 0.6) is 0 Å². The summed E-state index contributed by atoms with van der Waals surface area (Å²) in [6.45, 7) is 1.56. The second-order valence-corrected chi connectivity index (χ2v) is 9.36. The van der Waals surface area contributed by atoms with E-state index < -0.39 is 17.3 Å². The van der Waals surface area contributed by atoms with Crippen molar-refractivity contribution >= 4 is 0 Å². The molecule has 1 aromatic heterocycles. The zero-order valence-corrected chi connectivity index (χ0v) is 19.3. The monoisotopic (exact) mass is 476 g/mol. The Balaban J connectivity index is 1.56. The maximum absolute atomic E-state index is 13.5. The van der Waals surface area contributed by atoms with Crippen LogP contribution in [-0.2, 0) is 11.6 Å². The highest BCUT2D eigenvalue weighted by atomic mass is 19.4. The molecular formula is C31H19F3N2. The topological polar surface area (TPSA) is 25.8 Å². The average molecular weight is 477 g/mol. The molecule has 36 heavy (non-hydrogen) atoms. The van der Waals surface area contributed by atoms with Crippen molar-refractivity contribution in [3.8, 4) is 33.6 Å². The van der Waals surface area contributed by atoms with Crippen LogP contribution < -0.4 is 0 Å².